The van der Waals surface area contributed by atoms with E-state index in [-0.39, 0.29) is 28.7 Å². The van der Waals surface area contributed by atoms with Crippen molar-refractivity contribution in [3.63, 3.8) is 0 Å². The molecule has 2 fully saturated rings. The van der Waals surface area contributed by atoms with E-state index in [0.29, 0.717) is 19.6 Å². The summed E-state index contributed by atoms with van der Waals surface area (Å²) in [5.74, 6) is 0.0539. The van der Waals surface area contributed by atoms with Crippen molar-refractivity contribution in [3.8, 4) is 0 Å². The maximum Gasteiger partial charge on any atom is 0.240 e. The van der Waals surface area contributed by atoms with Crippen LogP contribution in [0.25, 0.3) is 0 Å². The van der Waals surface area contributed by atoms with Crippen LogP contribution in [0.5, 0.6) is 0 Å². The molecule has 3 atom stereocenters. The van der Waals surface area contributed by atoms with Gasteiger partial charge in [-0.2, -0.15) is 0 Å². The van der Waals surface area contributed by atoms with Crippen LogP contribution in [0, 0.1) is 18.8 Å². The van der Waals surface area contributed by atoms with E-state index in [9.17, 15) is 13.2 Å². The zero-order valence-corrected chi connectivity index (χ0v) is 18.6. The third-order valence-electron chi connectivity index (χ3n) is 6.18. The summed E-state index contributed by atoms with van der Waals surface area (Å²) >= 11 is 0. The van der Waals surface area contributed by atoms with Gasteiger partial charge in [-0.15, -0.1) is 0 Å². The van der Waals surface area contributed by atoms with Crippen LogP contribution in [0.4, 0.5) is 0 Å². The molecule has 2 aliphatic rings. The molecule has 2 saturated heterocycles. The van der Waals surface area contributed by atoms with Gasteiger partial charge in [0.15, 0.2) is 0 Å². The summed E-state index contributed by atoms with van der Waals surface area (Å²) in [5.41, 5.74) is 8.47. The van der Waals surface area contributed by atoms with Gasteiger partial charge < -0.3 is 4.90 Å². The Hall–Kier alpha value is -2.26. The molecule has 2 aromatic rings. The number of carbonyl (C=O) groups is 1. The summed E-state index contributed by atoms with van der Waals surface area (Å²) in [5, 5.41) is 0. The van der Waals surface area contributed by atoms with Gasteiger partial charge in [-0.05, 0) is 43.4 Å². The number of hydrogen-bond acceptors (Lipinski definition) is 5. The van der Waals surface area contributed by atoms with Gasteiger partial charge in [-0.3, -0.25) is 10.2 Å². The molecule has 3 unspecified atom stereocenters. The summed E-state index contributed by atoms with van der Waals surface area (Å²) in [7, 11) is -3.55. The third kappa shape index (κ3) is 5.15. The van der Waals surface area contributed by atoms with Crippen LogP contribution in [-0.4, -0.2) is 45.4 Å². The summed E-state index contributed by atoms with van der Waals surface area (Å²) < 4.78 is 27.9. The minimum absolute atomic E-state index is 0.0610. The topological polar surface area (TPSA) is 90.5 Å². The Morgan fingerprint density at radius 3 is 2.61 bits per heavy atom. The van der Waals surface area contributed by atoms with Gasteiger partial charge in [0.25, 0.3) is 0 Å². The molecular weight excluding hydrogens is 412 g/mol. The lowest BCUT2D eigenvalue weighted by Crippen LogP contribution is -2.47. The Morgan fingerprint density at radius 1 is 1.13 bits per heavy atom. The summed E-state index contributed by atoms with van der Waals surface area (Å²) in [6.07, 6.45) is 1.79. The number of sulfonamides is 1. The lowest BCUT2D eigenvalue weighted by molar-refractivity contribution is -0.137. The van der Waals surface area contributed by atoms with E-state index in [2.05, 4.69) is 15.6 Å². The Labute approximate surface area is 184 Å². The highest BCUT2D eigenvalue weighted by atomic mass is 32.2. The van der Waals surface area contributed by atoms with E-state index in [0.717, 1.165) is 30.5 Å². The van der Waals surface area contributed by atoms with Gasteiger partial charge in [0, 0.05) is 26.2 Å². The third-order valence-corrected chi connectivity index (χ3v) is 7.62. The number of hydrazine groups is 1. The smallest absolute Gasteiger partial charge is 0.240 e. The van der Waals surface area contributed by atoms with E-state index in [4.69, 9.17) is 0 Å². The Kier molecular flexibility index (Phi) is 6.71. The second kappa shape index (κ2) is 9.48. The lowest BCUT2D eigenvalue weighted by atomic mass is 9.91. The highest BCUT2D eigenvalue weighted by Crippen LogP contribution is 2.28. The van der Waals surface area contributed by atoms with E-state index in [1.807, 2.05) is 42.2 Å². The minimum atomic E-state index is -3.55. The van der Waals surface area contributed by atoms with Crippen LogP contribution in [0.3, 0.4) is 0 Å². The number of likely N-dealkylation sites (tertiary alicyclic amines) is 1. The van der Waals surface area contributed by atoms with Crippen LogP contribution in [-0.2, 0) is 14.8 Å². The zero-order chi connectivity index (χ0) is 21.8. The van der Waals surface area contributed by atoms with E-state index < -0.39 is 10.0 Å². The number of aryl methyl sites for hydroxylation is 1. The van der Waals surface area contributed by atoms with Crippen molar-refractivity contribution in [2.24, 2.45) is 11.8 Å². The summed E-state index contributed by atoms with van der Waals surface area (Å²) in [6.45, 7) is 4.14. The van der Waals surface area contributed by atoms with Crippen molar-refractivity contribution < 1.29 is 13.2 Å². The molecule has 0 aromatic heterocycles. The normalized spacial score (nSPS) is 24.3. The molecule has 2 aromatic carbocycles. The number of rotatable bonds is 6. The zero-order valence-electron chi connectivity index (χ0n) is 17.8. The van der Waals surface area contributed by atoms with Crippen molar-refractivity contribution in [2.45, 2.75) is 30.7 Å². The van der Waals surface area contributed by atoms with Crippen LogP contribution >= 0.6 is 0 Å². The van der Waals surface area contributed by atoms with E-state index in [1.165, 1.54) is 0 Å². The molecule has 1 amide bonds. The molecule has 0 radical (unpaired) electrons. The first-order valence-electron chi connectivity index (χ1n) is 10.8. The summed E-state index contributed by atoms with van der Waals surface area (Å²) in [4.78, 5) is 15.5. The van der Waals surface area contributed by atoms with Gasteiger partial charge in [0.2, 0.25) is 15.9 Å². The van der Waals surface area contributed by atoms with Crippen molar-refractivity contribution in [1.29, 1.82) is 0 Å². The molecule has 0 aliphatic carbocycles. The Balaban J connectivity index is 1.37. The maximum absolute atomic E-state index is 13.3. The van der Waals surface area contributed by atoms with Crippen LogP contribution in [0.1, 0.15) is 30.0 Å². The molecule has 2 aliphatic heterocycles. The monoisotopic (exact) mass is 442 g/mol. The van der Waals surface area contributed by atoms with Crippen molar-refractivity contribution in [1.82, 2.24) is 20.5 Å². The molecule has 3 N–H and O–H groups in total. The number of nitrogens with zero attached hydrogens (tertiary/aromatic N) is 1. The first-order chi connectivity index (χ1) is 14.9. The largest absolute Gasteiger partial charge is 0.342 e. The molecule has 0 bridgehead atoms. The van der Waals surface area contributed by atoms with Gasteiger partial charge >= 0.3 is 0 Å². The fraction of sp³-hybridized carbons (Fsp3) is 0.435. The highest BCUT2D eigenvalue weighted by Gasteiger charge is 2.37. The van der Waals surface area contributed by atoms with E-state index >= 15 is 0 Å². The minimum Gasteiger partial charge on any atom is -0.342 e. The second-order valence-corrected chi connectivity index (χ2v) is 10.2. The molecule has 0 saturated carbocycles. The quantitative estimate of drug-likeness (QED) is 0.637. The molecule has 166 valence electrons. The highest BCUT2D eigenvalue weighted by molar-refractivity contribution is 7.89. The first kappa shape index (κ1) is 22.0. The number of carbonyl (C=O) groups excluding carboxylic acids is 1. The predicted molar refractivity (Wildman–Crippen MR) is 119 cm³/mol. The molecule has 4 rings (SSSR count). The van der Waals surface area contributed by atoms with Crippen LogP contribution in [0.2, 0.25) is 0 Å². The number of nitrogens with one attached hydrogen (secondary N) is 3. The van der Waals surface area contributed by atoms with Gasteiger partial charge in [-0.25, -0.2) is 18.6 Å². The van der Waals surface area contributed by atoms with Crippen molar-refractivity contribution in [2.75, 3.05) is 26.2 Å². The lowest BCUT2D eigenvalue weighted by Gasteiger charge is -2.35. The molecular formula is C23H30N4O3S. The molecule has 8 heteroatoms. The molecule has 7 nitrogen and oxygen atoms in total. The fourth-order valence-corrected chi connectivity index (χ4v) is 5.51. The Bertz CT molecular complexity index is 995. The van der Waals surface area contributed by atoms with Crippen molar-refractivity contribution >= 4 is 15.9 Å². The average molecular weight is 443 g/mol. The number of benzene rings is 2. The number of hydrogen-bond donors (Lipinski definition) is 3. The molecule has 31 heavy (non-hydrogen) atoms. The Morgan fingerprint density at radius 2 is 1.87 bits per heavy atom. The fourth-order valence-electron chi connectivity index (χ4n) is 4.40. The van der Waals surface area contributed by atoms with Gasteiger partial charge in [0.1, 0.15) is 0 Å². The van der Waals surface area contributed by atoms with Crippen LogP contribution in [0.15, 0.2) is 59.5 Å². The second-order valence-electron chi connectivity index (χ2n) is 8.48. The maximum atomic E-state index is 13.3. The van der Waals surface area contributed by atoms with Crippen molar-refractivity contribution in [3.05, 3.63) is 65.7 Å². The number of piperidine rings is 1. The van der Waals surface area contributed by atoms with E-state index in [1.54, 1.807) is 24.3 Å². The first-order valence-corrected chi connectivity index (χ1v) is 12.3. The van der Waals surface area contributed by atoms with Gasteiger partial charge in [-0.1, -0.05) is 48.0 Å². The number of amides is 1. The molecule has 2 heterocycles. The molecule has 0 spiro atoms. The average Bonchev–Trinajstić information content (AvgIpc) is 3.28. The van der Waals surface area contributed by atoms with Crippen LogP contribution < -0.4 is 15.6 Å². The summed E-state index contributed by atoms with van der Waals surface area (Å²) in [6, 6.07) is 16.8. The van der Waals surface area contributed by atoms with Gasteiger partial charge in [0.05, 0.1) is 16.9 Å². The SMILES string of the molecule is Cc1ccc(S(=O)(=O)NCC2CCCN(C(=O)C3CNNC3c3ccccc3)C2)cc1. The predicted octanol–water partition coefficient (Wildman–Crippen LogP) is 1.98. The standard InChI is InChI=1S/C23H30N4O3S/c1-17-9-11-20(12-10-17)31(29,30)25-14-18-6-5-13-27(16-18)23(28)21-15-24-26-22(21)19-7-3-2-4-8-19/h2-4,7-12,18,21-22,24-26H,5-6,13-16H2,1H3.